The molecule has 158 valence electrons. The SMILES string of the molecule is CCCCN1C(=O)/C(=C/c2c(Oc3ccc(Br)cc3)nc3ccccn3c2=O)SC1=S. The number of halogens is 1. The number of nitrogens with zero attached hydrogens (tertiary/aromatic N) is 3. The van der Waals surface area contributed by atoms with E-state index in [4.69, 9.17) is 17.0 Å². The molecule has 0 spiro atoms. The zero-order valence-electron chi connectivity index (χ0n) is 16.6. The molecule has 9 heteroatoms. The van der Waals surface area contributed by atoms with Gasteiger partial charge in [0.05, 0.1) is 4.91 Å². The molecule has 3 aromatic rings. The summed E-state index contributed by atoms with van der Waals surface area (Å²) in [7, 11) is 0. The van der Waals surface area contributed by atoms with Gasteiger partial charge in [0.2, 0.25) is 5.88 Å². The number of aromatic nitrogens is 2. The van der Waals surface area contributed by atoms with Gasteiger partial charge in [0.1, 0.15) is 21.3 Å². The molecule has 1 aromatic carbocycles. The lowest BCUT2D eigenvalue weighted by atomic mass is 10.2. The predicted octanol–water partition coefficient (Wildman–Crippen LogP) is 5.25. The van der Waals surface area contributed by atoms with Gasteiger partial charge in [0, 0.05) is 17.2 Å². The van der Waals surface area contributed by atoms with Crippen LogP contribution in [0.25, 0.3) is 11.7 Å². The van der Waals surface area contributed by atoms with Gasteiger partial charge in [-0.25, -0.2) is 0 Å². The molecule has 0 unspecified atom stereocenters. The molecule has 1 aliphatic rings. The fraction of sp³-hybridized carbons (Fsp3) is 0.182. The lowest BCUT2D eigenvalue weighted by Crippen LogP contribution is -2.29. The second-order valence-electron chi connectivity index (χ2n) is 6.81. The first-order valence-corrected chi connectivity index (χ1v) is 11.7. The molecule has 0 radical (unpaired) electrons. The van der Waals surface area contributed by atoms with Crippen molar-refractivity contribution in [3.63, 3.8) is 0 Å². The Labute approximate surface area is 197 Å². The number of amides is 1. The summed E-state index contributed by atoms with van der Waals surface area (Å²) in [5.41, 5.74) is 0.325. The molecule has 0 aliphatic carbocycles. The molecule has 1 aliphatic heterocycles. The van der Waals surface area contributed by atoms with Crippen LogP contribution in [-0.2, 0) is 4.79 Å². The van der Waals surface area contributed by atoms with E-state index in [-0.39, 0.29) is 22.9 Å². The van der Waals surface area contributed by atoms with Gasteiger partial charge in [-0.05, 0) is 48.9 Å². The number of rotatable bonds is 6. The van der Waals surface area contributed by atoms with Crippen LogP contribution < -0.4 is 10.3 Å². The number of thioether (sulfide) groups is 1. The number of thiocarbonyl (C=S) groups is 1. The largest absolute Gasteiger partial charge is 0.438 e. The Balaban J connectivity index is 1.80. The van der Waals surface area contributed by atoms with Crippen molar-refractivity contribution >= 4 is 61.9 Å². The molecule has 3 heterocycles. The van der Waals surface area contributed by atoms with E-state index in [2.05, 4.69) is 27.8 Å². The number of carbonyl (C=O) groups is 1. The van der Waals surface area contributed by atoms with Crippen molar-refractivity contribution in [2.24, 2.45) is 0 Å². The number of carbonyl (C=O) groups excluding carboxylic acids is 1. The maximum absolute atomic E-state index is 13.2. The number of unbranched alkanes of at least 4 members (excludes halogenated alkanes) is 1. The second kappa shape index (κ2) is 9.33. The lowest BCUT2D eigenvalue weighted by molar-refractivity contribution is -0.122. The van der Waals surface area contributed by atoms with Crippen molar-refractivity contribution in [2.75, 3.05) is 6.54 Å². The van der Waals surface area contributed by atoms with E-state index in [0.29, 0.717) is 27.2 Å². The molecule has 31 heavy (non-hydrogen) atoms. The van der Waals surface area contributed by atoms with Crippen molar-refractivity contribution in [3.8, 4) is 11.6 Å². The monoisotopic (exact) mass is 515 g/mol. The Morgan fingerprint density at radius 1 is 1.19 bits per heavy atom. The topological polar surface area (TPSA) is 63.9 Å². The summed E-state index contributed by atoms with van der Waals surface area (Å²) >= 11 is 9.96. The normalized spacial score (nSPS) is 15.3. The van der Waals surface area contributed by atoms with Crippen LogP contribution >= 0.6 is 39.9 Å². The van der Waals surface area contributed by atoms with Crippen molar-refractivity contribution in [3.05, 3.63) is 74.0 Å². The van der Waals surface area contributed by atoms with Gasteiger partial charge in [-0.15, -0.1) is 0 Å². The Morgan fingerprint density at radius 2 is 1.97 bits per heavy atom. The number of benzene rings is 1. The number of hydrogen-bond acceptors (Lipinski definition) is 6. The Kier molecular flexibility index (Phi) is 6.54. The van der Waals surface area contributed by atoms with Gasteiger partial charge in [0.25, 0.3) is 11.5 Å². The summed E-state index contributed by atoms with van der Waals surface area (Å²) in [5.74, 6) is 0.466. The third-order valence-electron chi connectivity index (χ3n) is 4.65. The summed E-state index contributed by atoms with van der Waals surface area (Å²) < 4.78 is 8.79. The predicted molar refractivity (Wildman–Crippen MR) is 130 cm³/mol. The average molecular weight is 516 g/mol. The minimum atomic E-state index is -0.323. The number of fused-ring (bicyclic) bond motifs is 1. The molecular weight excluding hydrogens is 498 g/mol. The van der Waals surface area contributed by atoms with E-state index in [1.807, 2.05) is 12.1 Å². The molecule has 0 bridgehead atoms. The van der Waals surface area contributed by atoms with Crippen LogP contribution in [0.15, 0.2) is 62.8 Å². The van der Waals surface area contributed by atoms with Gasteiger partial charge < -0.3 is 4.74 Å². The van der Waals surface area contributed by atoms with Crippen LogP contribution in [0.4, 0.5) is 0 Å². The van der Waals surface area contributed by atoms with Gasteiger partial charge in [-0.3, -0.25) is 18.9 Å². The van der Waals surface area contributed by atoms with Gasteiger partial charge >= 0.3 is 0 Å². The van der Waals surface area contributed by atoms with E-state index < -0.39 is 0 Å². The molecular formula is C22H18BrN3O3S2. The van der Waals surface area contributed by atoms with Crippen LogP contribution in [0.1, 0.15) is 25.3 Å². The lowest BCUT2D eigenvalue weighted by Gasteiger charge is -2.13. The molecule has 0 saturated carbocycles. The summed E-state index contributed by atoms with van der Waals surface area (Å²) in [6.07, 6.45) is 4.99. The summed E-state index contributed by atoms with van der Waals surface area (Å²) in [5, 5.41) is 0. The third-order valence-corrected chi connectivity index (χ3v) is 6.55. The Hall–Kier alpha value is -2.49. The smallest absolute Gasteiger partial charge is 0.269 e. The molecule has 4 rings (SSSR count). The molecule has 2 aromatic heterocycles. The fourth-order valence-electron chi connectivity index (χ4n) is 3.04. The molecule has 0 N–H and O–H groups in total. The molecule has 0 atom stereocenters. The maximum atomic E-state index is 13.2. The molecule has 6 nitrogen and oxygen atoms in total. The van der Waals surface area contributed by atoms with Gasteiger partial charge in [-0.1, -0.05) is 59.3 Å². The quantitative estimate of drug-likeness (QED) is 0.330. The zero-order chi connectivity index (χ0) is 22.0. The number of pyridine rings is 1. The summed E-state index contributed by atoms with van der Waals surface area (Å²) in [6, 6.07) is 12.5. The average Bonchev–Trinajstić information content (AvgIpc) is 3.03. The second-order valence-corrected chi connectivity index (χ2v) is 9.40. The third kappa shape index (κ3) is 4.58. The minimum absolute atomic E-state index is 0.136. The molecule has 1 saturated heterocycles. The standard InChI is InChI=1S/C22H18BrN3O3S2/c1-2-3-11-26-21(28)17(31-22(26)30)13-16-19(29-15-9-7-14(23)8-10-15)24-18-6-4-5-12-25(18)20(16)27/h4-10,12-13H,2-3,11H2,1H3/b17-13-. The van der Waals surface area contributed by atoms with Crippen molar-refractivity contribution in [1.82, 2.24) is 14.3 Å². The number of hydrogen-bond donors (Lipinski definition) is 0. The van der Waals surface area contributed by atoms with Crippen LogP contribution in [0, 0.1) is 0 Å². The fourth-order valence-corrected chi connectivity index (χ4v) is 4.59. The highest BCUT2D eigenvalue weighted by Crippen LogP contribution is 2.34. The van der Waals surface area contributed by atoms with Crippen LogP contribution in [-0.4, -0.2) is 31.1 Å². The van der Waals surface area contributed by atoms with Crippen molar-refractivity contribution < 1.29 is 9.53 Å². The highest BCUT2D eigenvalue weighted by Gasteiger charge is 2.32. The van der Waals surface area contributed by atoms with E-state index in [1.54, 1.807) is 41.4 Å². The first-order chi connectivity index (χ1) is 15.0. The van der Waals surface area contributed by atoms with Gasteiger partial charge in [0.15, 0.2) is 0 Å². The first-order valence-electron chi connectivity index (χ1n) is 9.68. The Bertz CT molecular complexity index is 1260. The molecule has 1 fully saturated rings. The maximum Gasteiger partial charge on any atom is 0.269 e. The summed E-state index contributed by atoms with van der Waals surface area (Å²) in [4.78, 5) is 32.6. The summed E-state index contributed by atoms with van der Waals surface area (Å²) in [6.45, 7) is 2.62. The number of ether oxygens (including phenoxy) is 1. The molecule has 1 amide bonds. The highest BCUT2D eigenvalue weighted by atomic mass is 79.9. The first kappa shape index (κ1) is 21.7. The zero-order valence-corrected chi connectivity index (χ0v) is 19.8. The van der Waals surface area contributed by atoms with Crippen molar-refractivity contribution in [2.45, 2.75) is 19.8 Å². The highest BCUT2D eigenvalue weighted by molar-refractivity contribution is 9.10. The van der Waals surface area contributed by atoms with Crippen LogP contribution in [0.2, 0.25) is 0 Å². The van der Waals surface area contributed by atoms with Gasteiger partial charge in [-0.2, -0.15) is 4.98 Å². The Morgan fingerprint density at radius 3 is 2.71 bits per heavy atom. The van der Waals surface area contributed by atoms with Crippen LogP contribution in [0.3, 0.4) is 0 Å². The van der Waals surface area contributed by atoms with Crippen LogP contribution in [0.5, 0.6) is 11.6 Å². The van der Waals surface area contributed by atoms with E-state index in [9.17, 15) is 9.59 Å². The van der Waals surface area contributed by atoms with E-state index in [1.165, 1.54) is 22.2 Å². The van der Waals surface area contributed by atoms with Crippen molar-refractivity contribution in [1.29, 1.82) is 0 Å². The van der Waals surface area contributed by atoms with E-state index >= 15 is 0 Å². The van der Waals surface area contributed by atoms with E-state index in [0.717, 1.165) is 17.3 Å². The minimum Gasteiger partial charge on any atom is -0.438 e.